The largest absolute Gasteiger partial charge is 0.477 e. The van der Waals surface area contributed by atoms with Crippen LogP contribution in [0.15, 0.2) is 67.0 Å². The Morgan fingerprint density at radius 2 is 1.57 bits per heavy atom. The third kappa shape index (κ3) is 4.41. The van der Waals surface area contributed by atoms with Crippen molar-refractivity contribution in [3.63, 3.8) is 0 Å². The average Bonchev–Trinajstić information content (AvgIpc) is 2.59. The summed E-state index contributed by atoms with van der Waals surface area (Å²) in [7, 11) is 0. The van der Waals surface area contributed by atoms with E-state index >= 15 is 0 Å². The maximum atomic E-state index is 13.2. The molecule has 2 aromatic heterocycles. The molecule has 0 bridgehead atoms. The molecule has 1 N–H and O–H groups in total. The highest BCUT2D eigenvalue weighted by atomic mass is 19.2. The molecule has 0 fully saturated rings. The third-order valence-electron chi connectivity index (χ3n) is 2.77. The fourth-order valence-corrected chi connectivity index (χ4v) is 1.71. The first kappa shape index (κ1) is 16.2. The number of carbonyl (C=O) groups is 1. The van der Waals surface area contributed by atoms with Gasteiger partial charge in [-0.25, -0.2) is 18.6 Å². The molecule has 0 aliphatic rings. The topological polar surface area (TPSA) is 63.1 Å². The van der Waals surface area contributed by atoms with Crippen LogP contribution in [0.25, 0.3) is 11.3 Å². The van der Waals surface area contributed by atoms with Crippen LogP contribution in [-0.2, 0) is 0 Å². The fourth-order valence-electron chi connectivity index (χ4n) is 1.71. The first-order valence-electron chi connectivity index (χ1n) is 6.59. The molecule has 0 atom stereocenters. The van der Waals surface area contributed by atoms with Crippen LogP contribution in [0.2, 0.25) is 0 Å². The summed E-state index contributed by atoms with van der Waals surface area (Å²) in [4.78, 5) is 17.5. The zero-order chi connectivity index (χ0) is 16.7. The summed E-state index contributed by atoms with van der Waals surface area (Å²) < 4.78 is 26.1. The summed E-state index contributed by atoms with van der Waals surface area (Å²) >= 11 is 0. The van der Waals surface area contributed by atoms with E-state index in [-0.39, 0.29) is 11.4 Å². The molecule has 0 unspecified atom stereocenters. The summed E-state index contributed by atoms with van der Waals surface area (Å²) in [5.41, 5.74) is 0.701. The molecule has 0 aliphatic heterocycles. The summed E-state index contributed by atoms with van der Waals surface area (Å²) in [6.45, 7) is 0. The van der Waals surface area contributed by atoms with Crippen LogP contribution in [0.3, 0.4) is 0 Å². The van der Waals surface area contributed by atoms with Gasteiger partial charge in [0.2, 0.25) is 0 Å². The molecule has 6 heteroatoms. The zero-order valence-electron chi connectivity index (χ0n) is 11.9. The molecule has 116 valence electrons. The van der Waals surface area contributed by atoms with Gasteiger partial charge in [0, 0.05) is 18.0 Å². The number of nitrogens with zero attached hydrogens (tertiary/aromatic N) is 2. The van der Waals surface area contributed by atoms with Crippen molar-refractivity contribution in [1.82, 2.24) is 9.97 Å². The standard InChI is InChI=1S/C11H7F2N.C6H5NO2/c12-9-6-7-14-11(10(9)13)8-4-2-1-3-5-8;8-6(9)5-3-1-2-4-7-5/h1-7H;1-4H,(H,8,9). The average molecular weight is 314 g/mol. The lowest BCUT2D eigenvalue weighted by molar-refractivity contribution is 0.0690. The third-order valence-corrected chi connectivity index (χ3v) is 2.77. The Bertz CT molecular complexity index is 781. The van der Waals surface area contributed by atoms with Gasteiger partial charge in [0.05, 0.1) is 0 Å². The van der Waals surface area contributed by atoms with Crippen LogP contribution in [0.5, 0.6) is 0 Å². The van der Waals surface area contributed by atoms with Gasteiger partial charge in [-0.3, -0.25) is 4.98 Å². The van der Waals surface area contributed by atoms with Gasteiger partial charge >= 0.3 is 5.97 Å². The number of carboxylic acids is 1. The van der Waals surface area contributed by atoms with E-state index in [1.54, 1.807) is 42.5 Å². The second kappa shape index (κ2) is 7.74. The van der Waals surface area contributed by atoms with Crippen molar-refractivity contribution in [1.29, 1.82) is 0 Å². The molecule has 0 aliphatic carbocycles. The molecule has 23 heavy (non-hydrogen) atoms. The summed E-state index contributed by atoms with van der Waals surface area (Å²) in [6, 6.07) is 14.4. The van der Waals surface area contributed by atoms with E-state index in [1.807, 2.05) is 0 Å². The molecule has 0 spiro atoms. The number of hydrogen-bond acceptors (Lipinski definition) is 3. The second-order valence-corrected chi connectivity index (χ2v) is 4.34. The van der Waals surface area contributed by atoms with Crippen LogP contribution >= 0.6 is 0 Å². The fraction of sp³-hybridized carbons (Fsp3) is 0. The first-order chi connectivity index (χ1) is 11.1. The normalized spacial score (nSPS) is 9.65. The van der Waals surface area contributed by atoms with E-state index in [1.165, 1.54) is 18.5 Å². The molecule has 0 saturated carbocycles. The number of halogens is 2. The van der Waals surface area contributed by atoms with Crippen LogP contribution in [0, 0.1) is 11.6 Å². The van der Waals surface area contributed by atoms with Gasteiger partial charge < -0.3 is 5.11 Å². The monoisotopic (exact) mass is 314 g/mol. The minimum Gasteiger partial charge on any atom is -0.477 e. The predicted molar refractivity (Wildman–Crippen MR) is 80.8 cm³/mol. The number of pyridine rings is 2. The SMILES string of the molecule is Fc1ccnc(-c2ccccc2)c1F.O=C(O)c1ccccn1. The number of aromatic carboxylic acids is 1. The Kier molecular flexibility index (Phi) is 5.46. The highest BCUT2D eigenvalue weighted by molar-refractivity contribution is 5.85. The maximum Gasteiger partial charge on any atom is 0.354 e. The van der Waals surface area contributed by atoms with Gasteiger partial charge in [-0.05, 0) is 18.2 Å². The van der Waals surface area contributed by atoms with E-state index in [2.05, 4.69) is 9.97 Å². The smallest absolute Gasteiger partial charge is 0.354 e. The molecule has 3 aromatic rings. The molecule has 0 radical (unpaired) electrons. The summed E-state index contributed by atoms with van der Waals surface area (Å²) in [5, 5.41) is 8.32. The Hall–Kier alpha value is -3.15. The molecule has 3 rings (SSSR count). The van der Waals surface area contributed by atoms with Gasteiger partial charge in [-0.1, -0.05) is 36.4 Å². The van der Waals surface area contributed by atoms with Crippen molar-refractivity contribution in [2.75, 3.05) is 0 Å². The molecule has 0 saturated heterocycles. The summed E-state index contributed by atoms with van der Waals surface area (Å²) in [6.07, 6.45) is 2.70. The van der Waals surface area contributed by atoms with E-state index in [4.69, 9.17) is 5.11 Å². The van der Waals surface area contributed by atoms with Gasteiger partial charge in [0.25, 0.3) is 0 Å². The highest BCUT2D eigenvalue weighted by Crippen LogP contribution is 2.20. The number of rotatable bonds is 2. The van der Waals surface area contributed by atoms with Gasteiger partial charge in [-0.15, -0.1) is 0 Å². The van der Waals surface area contributed by atoms with Gasteiger partial charge in [0.1, 0.15) is 11.4 Å². The molecule has 2 heterocycles. The number of aromatic nitrogens is 2. The lowest BCUT2D eigenvalue weighted by atomic mass is 10.1. The molecule has 4 nitrogen and oxygen atoms in total. The molecular weight excluding hydrogens is 302 g/mol. The van der Waals surface area contributed by atoms with Crippen LogP contribution in [0.4, 0.5) is 8.78 Å². The molecular formula is C17H12F2N2O2. The maximum absolute atomic E-state index is 13.2. The van der Waals surface area contributed by atoms with E-state index in [9.17, 15) is 13.6 Å². The Morgan fingerprint density at radius 1 is 0.870 bits per heavy atom. The summed E-state index contributed by atoms with van der Waals surface area (Å²) in [5.74, 6) is -2.77. The van der Waals surface area contributed by atoms with Crippen molar-refractivity contribution in [2.45, 2.75) is 0 Å². The van der Waals surface area contributed by atoms with Crippen molar-refractivity contribution in [3.8, 4) is 11.3 Å². The van der Waals surface area contributed by atoms with Crippen molar-refractivity contribution >= 4 is 5.97 Å². The van der Waals surface area contributed by atoms with E-state index in [0.717, 1.165) is 6.07 Å². The minimum absolute atomic E-state index is 0.0469. The Labute approximate surface area is 131 Å². The lowest BCUT2D eigenvalue weighted by Gasteiger charge is -2.01. The quantitative estimate of drug-likeness (QED) is 0.781. The van der Waals surface area contributed by atoms with Gasteiger partial charge in [0.15, 0.2) is 11.6 Å². The number of hydrogen-bond donors (Lipinski definition) is 1. The van der Waals surface area contributed by atoms with Crippen molar-refractivity contribution in [3.05, 3.63) is 84.3 Å². The zero-order valence-corrected chi connectivity index (χ0v) is 11.9. The van der Waals surface area contributed by atoms with E-state index in [0.29, 0.717) is 5.56 Å². The van der Waals surface area contributed by atoms with Gasteiger partial charge in [-0.2, -0.15) is 0 Å². The Morgan fingerprint density at radius 3 is 2.13 bits per heavy atom. The van der Waals surface area contributed by atoms with E-state index < -0.39 is 17.6 Å². The number of carboxylic acid groups (broad SMARTS) is 1. The Balaban J connectivity index is 0.000000185. The number of benzene rings is 1. The second-order valence-electron chi connectivity index (χ2n) is 4.34. The first-order valence-corrected chi connectivity index (χ1v) is 6.59. The molecule has 1 aromatic carbocycles. The lowest BCUT2D eigenvalue weighted by Crippen LogP contribution is -1.97. The van der Waals surface area contributed by atoms with Crippen LogP contribution in [-0.4, -0.2) is 21.0 Å². The predicted octanol–water partition coefficient (Wildman–Crippen LogP) is 3.81. The minimum atomic E-state index is -0.990. The molecule has 0 amide bonds. The van der Waals surface area contributed by atoms with Crippen molar-refractivity contribution < 1.29 is 18.7 Å². The van der Waals surface area contributed by atoms with Crippen LogP contribution in [0.1, 0.15) is 10.5 Å². The van der Waals surface area contributed by atoms with Crippen molar-refractivity contribution in [2.24, 2.45) is 0 Å². The highest BCUT2D eigenvalue weighted by Gasteiger charge is 2.10. The van der Waals surface area contributed by atoms with Crippen LogP contribution < -0.4 is 0 Å².